The number of para-hydroxylation sites is 1. The van der Waals surface area contributed by atoms with Gasteiger partial charge in [0.1, 0.15) is 11.5 Å². The van der Waals surface area contributed by atoms with E-state index in [1.54, 1.807) is 43.5 Å². The van der Waals surface area contributed by atoms with Crippen molar-refractivity contribution in [1.82, 2.24) is 0 Å². The van der Waals surface area contributed by atoms with Gasteiger partial charge in [0.2, 0.25) is 0 Å². The molecule has 0 radical (unpaired) electrons. The molecule has 0 bridgehead atoms. The van der Waals surface area contributed by atoms with E-state index in [-0.39, 0.29) is 0 Å². The number of aromatic hydroxyl groups is 1. The van der Waals surface area contributed by atoms with Crippen LogP contribution in [0.25, 0.3) is 0 Å². The van der Waals surface area contributed by atoms with E-state index in [9.17, 15) is 4.79 Å². The number of benzene rings is 2. The molecule has 0 aliphatic heterocycles. The molecule has 0 aromatic heterocycles. The minimum atomic E-state index is -0.951. The minimum Gasteiger partial charge on any atom is -0.508 e. The highest BCUT2D eigenvalue weighted by molar-refractivity contribution is 5.72. The number of carboxylic acid groups (broad SMARTS) is 1. The first-order valence-electron chi connectivity index (χ1n) is 7.69. The fourth-order valence-electron chi connectivity index (χ4n) is 1.68. The van der Waals surface area contributed by atoms with E-state index in [4.69, 9.17) is 19.7 Å². The molecule has 2 N–H and O–H groups in total. The molecule has 24 heavy (non-hydrogen) atoms. The number of rotatable bonds is 5. The molecular formula is C19H26O5. The standard InChI is InChI=1S/C11H14O4.C6H6O.C2H6/c1-14-9-5-3-8(4-6-9)7-10(15-2)11(12)13;7-6-4-2-1-3-5-6;1-2/h3-6,10H,7H2,1-2H3,(H,12,13);1-5,7H;1-2H3. The van der Waals surface area contributed by atoms with Crippen molar-refractivity contribution in [3.05, 3.63) is 60.2 Å². The largest absolute Gasteiger partial charge is 0.508 e. The highest BCUT2D eigenvalue weighted by Crippen LogP contribution is 2.13. The molecule has 2 aromatic carbocycles. The number of carbonyl (C=O) groups is 1. The summed E-state index contributed by atoms with van der Waals surface area (Å²) in [6.45, 7) is 4.00. The Morgan fingerprint density at radius 1 is 1.00 bits per heavy atom. The van der Waals surface area contributed by atoms with Gasteiger partial charge in [0.15, 0.2) is 6.10 Å². The average molecular weight is 334 g/mol. The summed E-state index contributed by atoms with van der Waals surface area (Å²) in [5, 5.41) is 17.4. The van der Waals surface area contributed by atoms with E-state index in [1.165, 1.54) is 7.11 Å². The molecule has 1 unspecified atom stereocenters. The van der Waals surface area contributed by atoms with E-state index in [2.05, 4.69) is 0 Å². The van der Waals surface area contributed by atoms with E-state index in [0.29, 0.717) is 12.2 Å². The van der Waals surface area contributed by atoms with Gasteiger partial charge in [0.05, 0.1) is 7.11 Å². The smallest absolute Gasteiger partial charge is 0.333 e. The van der Waals surface area contributed by atoms with Crippen LogP contribution in [0.1, 0.15) is 19.4 Å². The first kappa shape index (κ1) is 21.5. The fraction of sp³-hybridized carbons (Fsp3) is 0.316. The molecule has 0 spiro atoms. The molecule has 2 aromatic rings. The Hall–Kier alpha value is -2.53. The Morgan fingerprint density at radius 3 is 1.88 bits per heavy atom. The first-order valence-corrected chi connectivity index (χ1v) is 7.69. The van der Waals surface area contributed by atoms with Gasteiger partial charge in [-0.15, -0.1) is 0 Å². The summed E-state index contributed by atoms with van der Waals surface area (Å²) in [4.78, 5) is 10.7. The van der Waals surface area contributed by atoms with Gasteiger partial charge < -0.3 is 19.7 Å². The van der Waals surface area contributed by atoms with Crippen molar-refractivity contribution in [3.8, 4) is 11.5 Å². The fourth-order valence-corrected chi connectivity index (χ4v) is 1.68. The van der Waals surface area contributed by atoms with Crippen LogP contribution in [-0.2, 0) is 16.0 Å². The summed E-state index contributed by atoms with van der Waals surface area (Å²) < 4.78 is 9.84. The van der Waals surface area contributed by atoms with E-state index in [1.807, 2.05) is 32.0 Å². The second-order valence-corrected chi connectivity index (χ2v) is 4.45. The van der Waals surface area contributed by atoms with Crippen molar-refractivity contribution in [2.45, 2.75) is 26.4 Å². The quantitative estimate of drug-likeness (QED) is 0.871. The minimum absolute atomic E-state index is 0.322. The topological polar surface area (TPSA) is 76.0 Å². The van der Waals surface area contributed by atoms with Crippen molar-refractivity contribution < 1.29 is 24.5 Å². The van der Waals surface area contributed by atoms with Gasteiger partial charge in [0, 0.05) is 13.5 Å². The maximum Gasteiger partial charge on any atom is 0.333 e. The van der Waals surface area contributed by atoms with Crippen molar-refractivity contribution >= 4 is 5.97 Å². The van der Waals surface area contributed by atoms with E-state index in [0.717, 1.165) is 11.3 Å². The maximum absolute atomic E-state index is 10.7. The SMILES string of the molecule is CC.COc1ccc(CC(OC)C(=O)O)cc1.Oc1ccccc1. The van der Waals surface area contributed by atoms with E-state index < -0.39 is 12.1 Å². The van der Waals surface area contributed by atoms with Crippen LogP contribution in [0, 0.1) is 0 Å². The number of carboxylic acids is 1. The maximum atomic E-state index is 10.7. The van der Waals surface area contributed by atoms with Gasteiger partial charge in [0.25, 0.3) is 0 Å². The summed E-state index contributed by atoms with van der Waals surface area (Å²) in [6, 6.07) is 16.0. The Kier molecular flexibility index (Phi) is 11.6. The molecule has 5 nitrogen and oxygen atoms in total. The third-order valence-corrected chi connectivity index (χ3v) is 2.90. The molecule has 0 saturated heterocycles. The van der Waals surface area contributed by atoms with Gasteiger partial charge in [-0.25, -0.2) is 4.79 Å². The summed E-state index contributed by atoms with van der Waals surface area (Å²) in [7, 11) is 2.98. The Bertz CT molecular complexity index is 552. The first-order chi connectivity index (χ1) is 11.6. The monoisotopic (exact) mass is 334 g/mol. The Morgan fingerprint density at radius 2 is 1.54 bits per heavy atom. The van der Waals surface area contributed by atoms with Gasteiger partial charge >= 0.3 is 5.97 Å². The number of hydrogen-bond donors (Lipinski definition) is 2. The molecule has 1 atom stereocenters. The normalized spacial score (nSPS) is 10.3. The van der Waals surface area contributed by atoms with Gasteiger partial charge in [-0.1, -0.05) is 44.2 Å². The van der Waals surface area contributed by atoms with Gasteiger partial charge in [-0.05, 0) is 29.8 Å². The summed E-state index contributed by atoms with van der Waals surface area (Å²) in [6.07, 6.45) is -0.436. The number of methoxy groups -OCH3 is 2. The van der Waals surface area contributed by atoms with Crippen molar-refractivity contribution in [3.63, 3.8) is 0 Å². The van der Waals surface area contributed by atoms with Crippen molar-refractivity contribution in [2.75, 3.05) is 14.2 Å². The molecule has 2 rings (SSSR count). The molecule has 0 aliphatic rings. The van der Waals surface area contributed by atoms with Crippen LogP contribution in [0.5, 0.6) is 11.5 Å². The number of phenols is 1. The third kappa shape index (κ3) is 8.80. The highest BCUT2D eigenvalue weighted by atomic mass is 16.5. The zero-order valence-corrected chi connectivity index (χ0v) is 14.6. The molecule has 0 heterocycles. The number of hydrogen-bond acceptors (Lipinski definition) is 4. The molecule has 0 amide bonds. The lowest BCUT2D eigenvalue weighted by molar-refractivity contribution is -0.148. The molecule has 132 valence electrons. The van der Waals surface area contributed by atoms with Crippen LogP contribution >= 0.6 is 0 Å². The predicted molar refractivity (Wildman–Crippen MR) is 94.6 cm³/mol. The zero-order valence-electron chi connectivity index (χ0n) is 14.6. The summed E-state index contributed by atoms with van der Waals surface area (Å²) in [5.41, 5.74) is 0.907. The second-order valence-electron chi connectivity index (χ2n) is 4.45. The lowest BCUT2D eigenvalue weighted by Gasteiger charge is -2.10. The average Bonchev–Trinajstić information content (AvgIpc) is 2.63. The molecular weight excluding hydrogens is 308 g/mol. The van der Waals surface area contributed by atoms with Crippen molar-refractivity contribution in [2.24, 2.45) is 0 Å². The number of ether oxygens (including phenoxy) is 2. The van der Waals surface area contributed by atoms with Gasteiger partial charge in [-0.2, -0.15) is 0 Å². The Balaban J connectivity index is 0.000000488. The van der Waals surface area contributed by atoms with Crippen LogP contribution in [0.2, 0.25) is 0 Å². The van der Waals surface area contributed by atoms with Crippen molar-refractivity contribution in [1.29, 1.82) is 0 Å². The number of aliphatic carboxylic acids is 1. The van der Waals surface area contributed by atoms with E-state index >= 15 is 0 Å². The predicted octanol–water partition coefficient (Wildman–Crippen LogP) is 3.76. The lowest BCUT2D eigenvalue weighted by Crippen LogP contribution is -2.24. The van der Waals surface area contributed by atoms with Crippen LogP contribution in [0.4, 0.5) is 0 Å². The van der Waals surface area contributed by atoms with Gasteiger partial charge in [-0.3, -0.25) is 0 Å². The van der Waals surface area contributed by atoms with Crippen LogP contribution in [0.15, 0.2) is 54.6 Å². The zero-order chi connectivity index (χ0) is 18.4. The number of phenolic OH excluding ortho intramolecular Hbond substituents is 1. The molecule has 5 heteroatoms. The highest BCUT2D eigenvalue weighted by Gasteiger charge is 2.16. The molecule has 0 fully saturated rings. The Labute approximate surface area is 143 Å². The lowest BCUT2D eigenvalue weighted by atomic mass is 10.1. The third-order valence-electron chi connectivity index (χ3n) is 2.90. The molecule has 0 saturated carbocycles. The summed E-state index contributed by atoms with van der Waals surface area (Å²) in [5.74, 6) is 0.124. The van der Waals surface area contributed by atoms with Crippen LogP contribution in [0.3, 0.4) is 0 Å². The second kappa shape index (κ2) is 13.0. The van der Waals surface area contributed by atoms with Crippen LogP contribution in [-0.4, -0.2) is 36.5 Å². The molecule has 0 aliphatic carbocycles. The summed E-state index contributed by atoms with van der Waals surface area (Å²) >= 11 is 0. The van der Waals surface area contributed by atoms with Crippen LogP contribution < -0.4 is 4.74 Å².